The van der Waals surface area contributed by atoms with Crippen molar-refractivity contribution in [2.75, 3.05) is 19.7 Å². The molecule has 0 aliphatic rings. The van der Waals surface area contributed by atoms with Crippen molar-refractivity contribution in [1.29, 1.82) is 0 Å². The fourth-order valence-corrected chi connectivity index (χ4v) is 4.04. The number of nitrogens with zero attached hydrogens (tertiary/aromatic N) is 1. The van der Waals surface area contributed by atoms with Crippen LogP contribution in [0, 0.1) is 6.92 Å². The van der Waals surface area contributed by atoms with Gasteiger partial charge in [-0.25, -0.2) is 0 Å². The molecule has 1 N–H and O–H groups in total. The molecule has 0 unspecified atom stereocenters. The van der Waals surface area contributed by atoms with E-state index in [0.29, 0.717) is 13.1 Å². The van der Waals surface area contributed by atoms with Gasteiger partial charge in [0, 0.05) is 17.8 Å². The maximum atomic E-state index is 13.0. The zero-order valence-electron chi connectivity index (χ0n) is 13.7. The molecule has 3 rings (SSSR count). The molecule has 124 valence electrons. The summed E-state index contributed by atoms with van der Waals surface area (Å²) < 4.78 is 1.13. The molecule has 3 aromatic rings. The predicted molar refractivity (Wildman–Crippen MR) is 99.7 cm³/mol. The molecule has 0 saturated carbocycles. The van der Waals surface area contributed by atoms with E-state index in [4.69, 9.17) is 0 Å². The van der Waals surface area contributed by atoms with E-state index in [9.17, 15) is 9.90 Å². The third-order valence-electron chi connectivity index (χ3n) is 4.21. The molecule has 0 fully saturated rings. The summed E-state index contributed by atoms with van der Waals surface area (Å²) >= 11 is 1.54. The Morgan fingerprint density at radius 3 is 2.46 bits per heavy atom. The number of benzene rings is 2. The summed E-state index contributed by atoms with van der Waals surface area (Å²) in [7, 11) is 0. The molecule has 1 aromatic heterocycles. The van der Waals surface area contributed by atoms with E-state index in [2.05, 4.69) is 18.2 Å². The molecular formula is C20H21NO2S. The van der Waals surface area contributed by atoms with Gasteiger partial charge in [0.25, 0.3) is 5.91 Å². The SMILES string of the molecule is Cc1c(C(=O)N(CCO)CCc2ccccc2)sc2ccccc12. The van der Waals surface area contributed by atoms with Crippen LogP contribution in [0.2, 0.25) is 0 Å². The highest BCUT2D eigenvalue weighted by atomic mass is 32.1. The highest BCUT2D eigenvalue weighted by Crippen LogP contribution is 2.31. The monoisotopic (exact) mass is 339 g/mol. The number of thiophene rings is 1. The number of carbonyl (C=O) groups is 1. The van der Waals surface area contributed by atoms with Crippen LogP contribution in [0.4, 0.5) is 0 Å². The second kappa shape index (κ2) is 7.60. The van der Waals surface area contributed by atoms with Crippen molar-refractivity contribution in [2.45, 2.75) is 13.3 Å². The van der Waals surface area contributed by atoms with Gasteiger partial charge in [0.05, 0.1) is 11.5 Å². The van der Waals surface area contributed by atoms with Crippen molar-refractivity contribution in [1.82, 2.24) is 4.90 Å². The van der Waals surface area contributed by atoms with E-state index >= 15 is 0 Å². The fraction of sp³-hybridized carbons (Fsp3) is 0.250. The van der Waals surface area contributed by atoms with Crippen LogP contribution in [-0.2, 0) is 6.42 Å². The van der Waals surface area contributed by atoms with Gasteiger partial charge in [0.1, 0.15) is 0 Å². The van der Waals surface area contributed by atoms with Crippen molar-refractivity contribution in [3.63, 3.8) is 0 Å². The van der Waals surface area contributed by atoms with Crippen LogP contribution in [0.25, 0.3) is 10.1 Å². The van der Waals surface area contributed by atoms with Gasteiger partial charge in [-0.2, -0.15) is 0 Å². The Morgan fingerprint density at radius 1 is 1.04 bits per heavy atom. The number of aliphatic hydroxyl groups excluding tert-OH is 1. The molecule has 0 bridgehead atoms. The maximum absolute atomic E-state index is 13.0. The maximum Gasteiger partial charge on any atom is 0.264 e. The average molecular weight is 339 g/mol. The predicted octanol–water partition coefficient (Wildman–Crippen LogP) is 3.89. The lowest BCUT2D eigenvalue weighted by Gasteiger charge is -2.21. The first kappa shape index (κ1) is 16.7. The van der Waals surface area contributed by atoms with Gasteiger partial charge in [-0.15, -0.1) is 11.3 Å². The van der Waals surface area contributed by atoms with Gasteiger partial charge < -0.3 is 10.0 Å². The number of amides is 1. The normalized spacial score (nSPS) is 10.9. The molecule has 0 atom stereocenters. The third kappa shape index (κ3) is 3.50. The largest absolute Gasteiger partial charge is 0.395 e. The minimum atomic E-state index is -0.0233. The van der Waals surface area contributed by atoms with Crippen molar-refractivity contribution in [3.8, 4) is 0 Å². The highest BCUT2D eigenvalue weighted by molar-refractivity contribution is 7.21. The van der Waals surface area contributed by atoms with Crippen LogP contribution in [-0.4, -0.2) is 35.6 Å². The summed E-state index contributed by atoms with van der Waals surface area (Å²) in [6.45, 7) is 2.95. The Balaban J connectivity index is 1.81. The zero-order chi connectivity index (χ0) is 16.9. The molecule has 3 nitrogen and oxygen atoms in total. The van der Waals surface area contributed by atoms with Gasteiger partial charge in [0.2, 0.25) is 0 Å². The summed E-state index contributed by atoms with van der Waals surface area (Å²) in [5.41, 5.74) is 2.23. The molecule has 4 heteroatoms. The summed E-state index contributed by atoms with van der Waals surface area (Å²) in [5.74, 6) is 0.0127. The van der Waals surface area contributed by atoms with E-state index < -0.39 is 0 Å². The van der Waals surface area contributed by atoms with Crippen LogP contribution in [0.1, 0.15) is 20.8 Å². The first-order chi connectivity index (χ1) is 11.7. The van der Waals surface area contributed by atoms with Gasteiger partial charge in [0.15, 0.2) is 0 Å². The topological polar surface area (TPSA) is 40.5 Å². The standard InChI is InChI=1S/C20H21NO2S/c1-15-17-9-5-6-10-18(17)24-19(15)20(23)21(13-14-22)12-11-16-7-3-2-4-8-16/h2-10,22H,11-14H2,1H3. The van der Waals surface area contributed by atoms with Crippen molar-refractivity contribution in [2.24, 2.45) is 0 Å². The molecular weight excluding hydrogens is 318 g/mol. The number of carbonyl (C=O) groups excluding carboxylic acids is 1. The zero-order valence-corrected chi connectivity index (χ0v) is 14.6. The second-order valence-electron chi connectivity index (χ2n) is 5.80. The molecule has 0 aliphatic carbocycles. The highest BCUT2D eigenvalue weighted by Gasteiger charge is 2.20. The Bertz CT molecular complexity index is 826. The van der Waals surface area contributed by atoms with Crippen molar-refractivity contribution < 1.29 is 9.90 Å². The van der Waals surface area contributed by atoms with Gasteiger partial charge in [-0.3, -0.25) is 4.79 Å². The lowest BCUT2D eigenvalue weighted by molar-refractivity contribution is 0.0728. The van der Waals surface area contributed by atoms with Gasteiger partial charge in [-0.1, -0.05) is 48.5 Å². The quantitative estimate of drug-likeness (QED) is 0.740. The molecule has 0 saturated heterocycles. The number of rotatable bonds is 6. The molecule has 1 heterocycles. The first-order valence-corrected chi connectivity index (χ1v) is 8.94. The van der Waals surface area contributed by atoms with Gasteiger partial charge >= 0.3 is 0 Å². The number of hydrogen-bond acceptors (Lipinski definition) is 3. The minimum absolute atomic E-state index is 0.0127. The second-order valence-corrected chi connectivity index (χ2v) is 6.86. The summed E-state index contributed by atoms with van der Waals surface area (Å²) in [5, 5.41) is 10.5. The number of aryl methyl sites for hydroxylation is 1. The van der Waals surface area contributed by atoms with Crippen molar-refractivity contribution in [3.05, 3.63) is 70.6 Å². The van der Waals surface area contributed by atoms with Crippen molar-refractivity contribution >= 4 is 27.3 Å². The van der Waals surface area contributed by atoms with Gasteiger partial charge in [-0.05, 0) is 35.9 Å². The van der Waals surface area contributed by atoms with E-state index in [0.717, 1.165) is 26.9 Å². The lowest BCUT2D eigenvalue weighted by Crippen LogP contribution is -2.35. The number of aliphatic hydroxyl groups is 1. The van der Waals surface area contributed by atoms with Crippen LogP contribution in [0.5, 0.6) is 0 Å². The minimum Gasteiger partial charge on any atom is -0.395 e. The van der Waals surface area contributed by atoms with E-state index in [1.807, 2.05) is 43.3 Å². The van der Waals surface area contributed by atoms with Crippen LogP contribution in [0.15, 0.2) is 54.6 Å². The summed E-state index contributed by atoms with van der Waals surface area (Å²) in [4.78, 5) is 15.5. The smallest absolute Gasteiger partial charge is 0.264 e. The van der Waals surface area contributed by atoms with Crippen LogP contribution in [0.3, 0.4) is 0 Å². The Kier molecular flexibility index (Phi) is 5.28. The summed E-state index contributed by atoms with van der Waals surface area (Å²) in [6, 6.07) is 18.2. The number of hydrogen-bond donors (Lipinski definition) is 1. The van der Waals surface area contributed by atoms with Crippen LogP contribution >= 0.6 is 11.3 Å². The summed E-state index contributed by atoms with van der Waals surface area (Å²) in [6.07, 6.45) is 0.788. The third-order valence-corrected chi connectivity index (χ3v) is 5.47. The van der Waals surface area contributed by atoms with Crippen LogP contribution < -0.4 is 0 Å². The molecule has 24 heavy (non-hydrogen) atoms. The molecule has 0 aliphatic heterocycles. The average Bonchev–Trinajstić information content (AvgIpc) is 2.96. The lowest BCUT2D eigenvalue weighted by atomic mass is 10.1. The fourth-order valence-electron chi connectivity index (χ4n) is 2.87. The molecule has 0 spiro atoms. The first-order valence-electron chi connectivity index (χ1n) is 8.13. The molecule has 0 radical (unpaired) electrons. The van der Waals surface area contributed by atoms with E-state index in [1.165, 1.54) is 16.9 Å². The van der Waals surface area contributed by atoms with E-state index in [1.54, 1.807) is 4.90 Å². The Morgan fingerprint density at radius 2 is 1.75 bits per heavy atom. The Labute approximate surface area is 146 Å². The Hall–Kier alpha value is -2.17. The number of fused-ring (bicyclic) bond motifs is 1. The molecule has 2 aromatic carbocycles. The van der Waals surface area contributed by atoms with E-state index in [-0.39, 0.29) is 12.5 Å². The molecule has 1 amide bonds.